The van der Waals surface area contributed by atoms with E-state index < -0.39 is 12.0 Å². The van der Waals surface area contributed by atoms with E-state index in [4.69, 9.17) is 15.2 Å². The first kappa shape index (κ1) is 37.6. The lowest BCUT2D eigenvalue weighted by molar-refractivity contribution is -0.135. The number of aryl methyl sites for hydroxylation is 1. The largest absolute Gasteiger partial charge is 0.508 e. The maximum atomic E-state index is 14.4. The van der Waals surface area contributed by atoms with Crippen LogP contribution in [0.3, 0.4) is 0 Å². The van der Waals surface area contributed by atoms with Gasteiger partial charge in [-0.05, 0) is 132 Å². The first-order valence-corrected chi connectivity index (χ1v) is 19.8. The van der Waals surface area contributed by atoms with Crippen molar-refractivity contribution in [3.05, 3.63) is 118 Å². The van der Waals surface area contributed by atoms with Gasteiger partial charge in [0.15, 0.2) is 23.0 Å². The Kier molecular flexibility index (Phi) is 10.8. The summed E-state index contributed by atoms with van der Waals surface area (Å²) in [6.07, 6.45) is 7.34. The molecule has 4 aliphatic carbocycles. The molecule has 0 saturated heterocycles. The lowest BCUT2D eigenvalue weighted by Crippen LogP contribution is -2.49. The number of phenolic OH excluding ortho intramolecular Hbond substituents is 4. The number of phenols is 4. The number of aromatic hydroxyl groups is 4. The number of hydrogen-bond acceptors (Lipinski definition) is 10. The van der Waals surface area contributed by atoms with Crippen LogP contribution in [0.25, 0.3) is 0 Å². The Hall–Kier alpha value is -5.32. The van der Waals surface area contributed by atoms with Gasteiger partial charge in [-0.25, -0.2) is 0 Å². The molecule has 4 aromatic rings. The molecule has 2 saturated carbocycles. The zero-order valence-electron chi connectivity index (χ0n) is 31.3. The maximum Gasteiger partial charge on any atom is 0.200 e. The minimum atomic E-state index is -0.938. The van der Waals surface area contributed by atoms with Crippen molar-refractivity contribution in [1.82, 2.24) is 0 Å². The van der Waals surface area contributed by atoms with Crippen LogP contribution < -0.4 is 15.2 Å². The van der Waals surface area contributed by atoms with Crippen molar-refractivity contribution in [3.63, 3.8) is 0 Å². The van der Waals surface area contributed by atoms with Gasteiger partial charge in [-0.2, -0.15) is 0 Å². The fourth-order valence-corrected chi connectivity index (χ4v) is 10.5. The van der Waals surface area contributed by atoms with Gasteiger partial charge >= 0.3 is 0 Å². The van der Waals surface area contributed by atoms with Gasteiger partial charge in [0.05, 0.1) is 12.6 Å². The van der Waals surface area contributed by atoms with E-state index in [2.05, 4.69) is 23.2 Å². The molecule has 10 heteroatoms. The first-order chi connectivity index (χ1) is 27.2. The number of aliphatic imine (C=N–C) groups is 1. The fraction of sp³-hybridized carbons (Fsp3) is 0.391. The van der Waals surface area contributed by atoms with E-state index in [1.165, 1.54) is 5.56 Å². The molecule has 2 bridgehead atoms. The summed E-state index contributed by atoms with van der Waals surface area (Å²) in [5, 5.41) is 55.8. The second-order valence-electron chi connectivity index (χ2n) is 16.1. The van der Waals surface area contributed by atoms with Gasteiger partial charge in [0.2, 0.25) is 5.75 Å². The molecule has 8 atom stereocenters. The molecule has 4 aromatic carbocycles. The Morgan fingerprint density at radius 2 is 1.64 bits per heavy atom. The third kappa shape index (κ3) is 7.47. The molecule has 9 rings (SSSR count). The topological polar surface area (TPSA) is 175 Å². The van der Waals surface area contributed by atoms with Gasteiger partial charge in [-0.1, -0.05) is 54.6 Å². The monoisotopic (exact) mass is 758 g/mol. The minimum Gasteiger partial charge on any atom is -0.508 e. The number of rotatable bonds is 13. The van der Waals surface area contributed by atoms with E-state index in [-0.39, 0.29) is 95.5 Å². The Labute approximate surface area is 327 Å². The lowest BCUT2D eigenvalue weighted by atomic mass is 9.57. The highest BCUT2D eigenvalue weighted by atomic mass is 16.5. The second-order valence-corrected chi connectivity index (χ2v) is 16.1. The van der Waals surface area contributed by atoms with E-state index in [9.17, 15) is 30.3 Å². The van der Waals surface area contributed by atoms with Crippen molar-refractivity contribution < 1.29 is 39.8 Å². The van der Waals surface area contributed by atoms with Gasteiger partial charge in [-0.3, -0.25) is 15.5 Å². The van der Waals surface area contributed by atoms with Crippen molar-refractivity contribution in [1.29, 1.82) is 0 Å². The van der Waals surface area contributed by atoms with Crippen molar-refractivity contribution in [2.75, 3.05) is 13.3 Å². The number of aliphatic hydroxyl groups excluding tert-OH is 1. The summed E-state index contributed by atoms with van der Waals surface area (Å²) in [5.41, 5.74) is 11.2. The van der Waals surface area contributed by atoms with E-state index in [0.717, 1.165) is 53.5 Å². The lowest BCUT2D eigenvalue weighted by Gasteiger charge is -2.48. The van der Waals surface area contributed by atoms with Gasteiger partial charge in [0, 0.05) is 24.1 Å². The predicted octanol–water partition coefficient (Wildman–Crippen LogP) is 7.05. The van der Waals surface area contributed by atoms with Crippen molar-refractivity contribution in [3.8, 4) is 34.5 Å². The van der Waals surface area contributed by atoms with Crippen molar-refractivity contribution >= 4 is 12.0 Å². The molecule has 10 nitrogen and oxygen atoms in total. The SMILES string of the molecule is NCOc1cc(CCC(=O)[C@@H]2C[C@H](CC3=CCN=C3)[C@H]3C[C@H]4C[C@@H](Cc5ccccc5)[C@H](c5cc(O)c(O)c(OCc6cccc(O)c6)c54)[C@@H]3[C@H]2O)ccc1O. The van der Waals surface area contributed by atoms with Crippen LogP contribution in [0.5, 0.6) is 34.5 Å². The number of benzene rings is 4. The number of carbonyl (C=O) groups excluding carboxylic acids is 1. The van der Waals surface area contributed by atoms with Gasteiger partial charge in [0.1, 0.15) is 24.9 Å². The normalized spacial score (nSPS) is 26.2. The molecule has 0 aromatic heterocycles. The molecule has 56 heavy (non-hydrogen) atoms. The summed E-state index contributed by atoms with van der Waals surface area (Å²) < 4.78 is 11.8. The number of ether oxygens (including phenoxy) is 2. The maximum absolute atomic E-state index is 14.4. The number of nitrogens with two attached hydrogens (primary N) is 1. The number of ketones is 1. The average Bonchev–Trinajstić information content (AvgIpc) is 3.59. The third-order valence-electron chi connectivity index (χ3n) is 12.8. The molecule has 0 radical (unpaired) electrons. The molecule has 2 fully saturated rings. The number of nitrogens with zero attached hydrogens (tertiary/aromatic N) is 1. The van der Waals surface area contributed by atoms with Crippen LogP contribution >= 0.6 is 0 Å². The molecular weight excluding hydrogens is 709 g/mol. The minimum absolute atomic E-state index is 0.00768. The summed E-state index contributed by atoms with van der Waals surface area (Å²) in [5.74, 6) is -0.990. The van der Waals surface area contributed by atoms with Crippen LogP contribution in [0, 0.1) is 29.6 Å². The van der Waals surface area contributed by atoms with Crippen LogP contribution in [-0.2, 0) is 24.2 Å². The van der Waals surface area contributed by atoms with E-state index >= 15 is 0 Å². The highest BCUT2D eigenvalue weighted by Gasteiger charge is 2.56. The van der Waals surface area contributed by atoms with Crippen LogP contribution in [-0.4, -0.2) is 56.9 Å². The molecule has 292 valence electrons. The van der Waals surface area contributed by atoms with Gasteiger partial charge < -0.3 is 35.0 Å². The highest BCUT2D eigenvalue weighted by Crippen LogP contribution is 2.64. The quantitative estimate of drug-likeness (QED) is 0.0617. The van der Waals surface area contributed by atoms with Crippen LogP contribution in [0.1, 0.15) is 71.8 Å². The van der Waals surface area contributed by atoms with E-state index in [1.54, 1.807) is 42.5 Å². The summed E-state index contributed by atoms with van der Waals surface area (Å²) >= 11 is 0. The predicted molar refractivity (Wildman–Crippen MR) is 212 cm³/mol. The van der Waals surface area contributed by atoms with Crippen molar-refractivity contribution in [2.24, 2.45) is 40.3 Å². The molecular formula is C46H50N2O8. The summed E-state index contributed by atoms with van der Waals surface area (Å²) in [6.45, 7) is 0.623. The zero-order valence-corrected chi connectivity index (χ0v) is 31.3. The number of aliphatic hydroxyl groups is 1. The smallest absolute Gasteiger partial charge is 0.200 e. The van der Waals surface area contributed by atoms with E-state index in [1.807, 2.05) is 30.5 Å². The Morgan fingerprint density at radius 3 is 2.41 bits per heavy atom. The van der Waals surface area contributed by atoms with E-state index in [0.29, 0.717) is 19.4 Å². The summed E-state index contributed by atoms with van der Waals surface area (Å²) in [7, 11) is 0. The molecule has 0 unspecified atom stereocenters. The molecule has 7 N–H and O–H groups in total. The van der Waals surface area contributed by atoms with Crippen LogP contribution in [0.4, 0.5) is 0 Å². The highest BCUT2D eigenvalue weighted by molar-refractivity contribution is 5.83. The van der Waals surface area contributed by atoms with Crippen LogP contribution in [0.2, 0.25) is 0 Å². The van der Waals surface area contributed by atoms with Crippen molar-refractivity contribution in [2.45, 2.75) is 69.5 Å². The fourth-order valence-electron chi connectivity index (χ4n) is 10.5. The van der Waals surface area contributed by atoms with Gasteiger partial charge in [-0.15, -0.1) is 0 Å². The van der Waals surface area contributed by atoms with Crippen LogP contribution in [0.15, 0.2) is 95.5 Å². The zero-order chi connectivity index (χ0) is 38.9. The molecule has 1 heterocycles. The Balaban J connectivity index is 1.18. The van der Waals surface area contributed by atoms with Gasteiger partial charge in [0.25, 0.3) is 0 Å². The number of allylic oxidation sites excluding steroid dienone is 1. The average molecular weight is 759 g/mol. The number of carbonyl (C=O) groups is 1. The molecule has 1 aliphatic heterocycles. The Bertz CT molecular complexity index is 2130. The molecule has 5 aliphatic rings. The third-order valence-corrected chi connectivity index (χ3v) is 12.8. The number of fused-ring (bicyclic) bond motifs is 1. The molecule has 0 amide bonds. The molecule has 0 spiro atoms. The standard InChI is InChI=1S/C46H50N2O8/c47-25-56-40-18-27(10-12-38(40)51)9-11-37(50)35-20-30(16-28-13-14-48-23-28)34-21-32-19-31(15-26-5-2-1-3-6-26)41(43(34)44(35)53)36-22-39(52)45(54)46(42(32)36)55-24-29-7-4-8-33(49)17-29/h1-8,10,12-13,17-18,22-23,30-32,34-35,41,43-44,49,51-54H,9,11,14-16,19-21,24-25,47H2/t30-,31+,32+,34+,35-,41+,43+,44-/m0/s1. The number of Topliss-reactive ketones (excluding diaryl/α,β-unsaturated/α-hetero) is 1. The Morgan fingerprint density at radius 1 is 0.821 bits per heavy atom. The summed E-state index contributed by atoms with van der Waals surface area (Å²) in [4.78, 5) is 18.9. The summed E-state index contributed by atoms with van der Waals surface area (Å²) in [6, 6.07) is 23.8. The second kappa shape index (κ2) is 16.0. The number of hydrogen-bond donors (Lipinski definition) is 6. The first-order valence-electron chi connectivity index (χ1n) is 19.8.